The first kappa shape index (κ1) is 31.2. The van der Waals surface area contributed by atoms with E-state index >= 15 is 0 Å². The number of nitrogens with zero attached hydrogens (tertiary/aromatic N) is 1. The van der Waals surface area contributed by atoms with Gasteiger partial charge in [0.2, 0.25) is 11.8 Å². The largest absolute Gasteiger partial charge is 0.507 e. The lowest BCUT2D eigenvalue weighted by Crippen LogP contribution is -2.59. The summed E-state index contributed by atoms with van der Waals surface area (Å²) in [6.45, 7) is 17.0. The zero-order valence-electron chi connectivity index (χ0n) is 25.4. The van der Waals surface area contributed by atoms with Crippen molar-refractivity contribution in [3.8, 4) is 5.75 Å². The number of aryl methyl sites for hydroxylation is 1. The first-order valence-corrected chi connectivity index (χ1v) is 15.6. The van der Waals surface area contributed by atoms with Gasteiger partial charge in [0.25, 0.3) is 0 Å². The molecule has 216 valence electrons. The number of hydrogen-bond acceptors (Lipinski definition) is 4. The van der Waals surface area contributed by atoms with Crippen molar-refractivity contribution in [3.05, 3.63) is 51.2 Å². The molecule has 1 aromatic heterocycles. The number of thiophene rings is 1. The van der Waals surface area contributed by atoms with E-state index in [0.717, 1.165) is 47.3 Å². The van der Waals surface area contributed by atoms with E-state index in [-0.39, 0.29) is 28.7 Å². The van der Waals surface area contributed by atoms with E-state index in [0.29, 0.717) is 31.6 Å². The van der Waals surface area contributed by atoms with Gasteiger partial charge < -0.3 is 15.3 Å². The molecule has 1 atom stereocenters. The minimum absolute atomic E-state index is 0.0192. The highest BCUT2D eigenvalue weighted by Gasteiger charge is 2.41. The topological polar surface area (TPSA) is 69.6 Å². The number of carbonyl (C=O) groups excluding carboxylic acids is 2. The zero-order valence-corrected chi connectivity index (χ0v) is 26.3. The number of benzene rings is 1. The van der Waals surface area contributed by atoms with E-state index in [2.05, 4.69) is 59.0 Å². The molecule has 3 rings (SSSR count). The maximum atomic E-state index is 14.0. The first-order valence-electron chi connectivity index (χ1n) is 14.7. The van der Waals surface area contributed by atoms with Crippen molar-refractivity contribution >= 4 is 23.2 Å². The number of phenolic OH excluding ortho intramolecular Hbond substituents is 1. The molecule has 39 heavy (non-hydrogen) atoms. The van der Waals surface area contributed by atoms with Crippen LogP contribution in [0.4, 0.5) is 0 Å². The molecule has 1 aliphatic rings. The maximum Gasteiger partial charge on any atom is 0.245 e. The fraction of sp³-hybridized carbons (Fsp3) is 0.636. The molecule has 2 amide bonds. The number of nitrogens with one attached hydrogen (secondary N) is 1. The van der Waals surface area contributed by atoms with Gasteiger partial charge in [-0.2, -0.15) is 0 Å². The summed E-state index contributed by atoms with van der Waals surface area (Å²) in [5.41, 5.74) is 1.45. The molecule has 0 aliphatic heterocycles. The second kappa shape index (κ2) is 12.4. The minimum atomic E-state index is -0.930. The van der Waals surface area contributed by atoms with Crippen LogP contribution in [0.25, 0.3) is 0 Å². The Morgan fingerprint density at radius 3 is 2.08 bits per heavy atom. The van der Waals surface area contributed by atoms with Crippen LogP contribution < -0.4 is 5.32 Å². The third kappa shape index (κ3) is 7.65. The van der Waals surface area contributed by atoms with Crippen LogP contribution in [0.3, 0.4) is 0 Å². The summed E-state index contributed by atoms with van der Waals surface area (Å²) in [6.07, 6.45) is 6.94. The highest BCUT2D eigenvalue weighted by atomic mass is 32.1. The van der Waals surface area contributed by atoms with Crippen LogP contribution in [-0.2, 0) is 33.4 Å². The van der Waals surface area contributed by atoms with E-state index in [4.69, 9.17) is 0 Å². The molecule has 0 unspecified atom stereocenters. The average molecular weight is 555 g/mol. The summed E-state index contributed by atoms with van der Waals surface area (Å²) in [4.78, 5) is 30.6. The normalized spacial score (nSPS) is 16.5. The molecule has 0 saturated heterocycles. The molecule has 2 aromatic rings. The Bertz CT molecular complexity index is 1090. The van der Waals surface area contributed by atoms with Gasteiger partial charge in [-0.25, -0.2) is 0 Å². The lowest BCUT2D eigenvalue weighted by molar-refractivity contribution is -0.148. The quantitative estimate of drug-likeness (QED) is 0.335. The second-order valence-electron chi connectivity index (χ2n) is 13.5. The summed E-state index contributed by atoms with van der Waals surface area (Å²) < 4.78 is 0. The third-order valence-electron chi connectivity index (χ3n) is 8.32. The molecule has 0 bridgehead atoms. The summed E-state index contributed by atoms with van der Waals surface area (Å²) in [5, 5.41) is 16.4. The Balaban J connectivity index is 1.89. The summed E-state index contributed by atoms with van der Waals surface area (Å²) in [7, 11) is 0. The van der Waals surface area contributed by atoms with Crippen molar-refractivity contribution < 1.29 is 14.7 Å². The van der Waals surface area contributed by atoms with E-state index in [9.17, 15) is 14.7 Å². The van der Waals surface area contributed by atoms with Crippen molar-refractivity contribution in [3.63, 3.8) is 0 Å². The lowest BCUT2D eigenvalue weighted by atomic mass is 9.78. The monoisotopic (exact) mass is 554 g/mol. The van der Waals surface area contributed by atoms with E-state index in [1.807, 2.05) is 36.3 Å². The molecule has 1 saturated carbocycles. The Hall–Kier alpha value is -2.34. The summed E-state index contributed by atoms with van der Waals surface area (Å²) in [5.74, 6) is 0.285. The van der Waals surface area contributed by atoms with E-state index in [1.54, 1.807) is 11.3 Å². The van der Waals surface area contributed by atoms with Gasteiger partial charge in [-0.1, -0.05) is 85.9 Å². The fourth-order valence-corrected chi connectivity index (χ4v) is 6.22. The number of rotatable bonds is 9. The fourth-order valence-electron chi connectivity index (χ4n) is 5.53. The second-order valence-corrected chi connectivity index (χ2v) is 14.6. The highest BCUT2D eigenvalue weighted by molar-refractivity contribution is 7.09. The Morgan fingerprint density at radius 1 is 1.00 bits per heavy atom. The predicted octanol–water partition coefficient (Wildman–Crippen LogP) is 7.63. The molecule has 2 N–H and O–H groups in total. The number of hydrogen-bond donors (Lipinski definition) is 2. The maximum absolute atomic E-state index is 14.0. The molecule has 1 fully saturated rings. The van der Waals surface area contributed by atoms with Crippen molar-refractivity contribution in [2.45, 2.75) is 136 Å². The van der Waals surface area contributed by atoms with Gasteiger partial charge in [0, 0.05) is 17.3 Å². The number of carbonyl (C=O) groups is 2. The number of aromatic hydroxyl groups is 1. The Labute approximate surface area is 240 Å². The number of amides is 2. The molecule has 1 heterocycles. The van der Waals surface area contributed by atoms with Gasteiger partial charge in [0.15, 0.2) is 0 Å². The average Bonchev–Trinajstić information content (AvgIpc) is 3.38. The first-order chi connectivity index (χ1) is 18.2. The number of phenols is 1. The third-order valence-corrected chi connectivity index (χ3v) is 9.18. The van der Waals surface area contributed by atoms with Crippen molar-refractivity contribution in [1.82, 2.24) is 10.2 Å². The van der Waals surface area contributed by atoms with Gasteiger partial charge in [0.05, 0.1) is 6.54 Å². The predicted molar refractivity (Wildman–Crippen MR) is 162 cm³/mol. The van der Waals surface area contributed by atoms with Crippen molar-refractivity contribution in [2.75, 3.05) is 0 Å². The molecule has 1 aliphatic carbocycles. The van der Waals surface area contributed by atoms with Gasteiger partial charge in [0.1, 0.15) is 11.3 Å². The van der Waals surface area contributed by atoms with Crippen LogP contribution in [0.1, 0.15) is 122 Å². The molecular weight excluding hydrogens is 504 g/mol. The summed E-state index contributed by atoms with van der Waals surface area (Å²) >= 11 is 1.61. The van der Waals surface area contributed by atoms with Crippen LogP contribution in [0.5, 0.6) is 5.75 Å². The Kier molecular flexibility index (Phi) is 9.96. The van der Waals surface area contributed by atoms with Crippen LogP contribution >= 0.6 is 11.3 Å². The lowest BCUT2D eigenvalue weighted by Gasteiger charge is -2.41. The summed E-state index contributed by atoms with van der Waals surface area (Å²) in [6, 6.07) is 8.32. The smallest absolute Gasteiger partial charge is 0.245 e. The van der Waals surface area contributed by atoms with Crippen LogP contribution in [-0.4, -0.2) is 33.4 Å². The molecule has 1 aromatic carbocycles. The van der Waals surface area contributed by atoms with E-state index < -0.39 is 5.54 Å². The van der Waals surface area contributed by atoms with Gasteiger partial charge in [-0.05, 0) is 71.6 Å². The molecule has 0 radical (unpaired) electrons. The SMILES string of the molecule is CC[C@](C)(C(=O)NC1CCCCC1)N(Cc1cccs1)C(=O)CCc1cc(C(C)(C)C)c(O)c(C(C)(C)C)c1. The van der Waals surface area contributed by atoms with Crippen LogP contribution in [0.2, 0.25) is 0 Å². The van der Waals surface area contributed by atoms with Gasteiger partial charge in [-0.15, -0.1) is 11.3 Å². The zero-order chi connectivity index (χ0) is 29.0. The molecule has 6 heteroatoms. The molecule has 5 nitrogen and oxygen atoms in total. The standard InChI is InChI=1S/C33H50N2O3S/c1-9-33(8,30(38)34-24-14-11-10-12-15-24)35(22-25-16-13-19-39-25)28(36)18-17-23-20-26(31(2,3)4)29(37)27(21-23)32(5,6)7/h13,16,19-21,24,37H,9-12,14-15,17-18,22H2,1-8H3,(H,34,38)/t33-/m1/s1. The minimum Gasteiger partial charge on any atom is -0.507 e. The van der Waals surface area contributed by atoms with Crippen molar-refractivity contribution in [1.29, 1.82) is 0 Å². The molecule has 0 spiro atoms. The highest BCUT2D eigenvalue weighted by Crippen LogP contribution is 2.40. The van der Waals surface area contributed by atoms with Gasteiger partial charge >= 0.3 is 0 Å². The van der Waals surface area contributed by atoms with Crippen LogP contribution in [0.15, 0.2) is 29.6 Å². The van der Waals surface area contributed by atoms with E-state index in [1.165, 1.54) is 6.42 Å². The van der Waals surface area contributed by atoms with Gasteiger partial charge in [-0.3, -0.25) is 9.59 Å². The Morgan fingerprint density at radius 2 is 1.59 bits per heavy atom. The molecular formula is C33H50N2O3S. The van der Waals surface area contributed by atoms with Crippen molar-refractivity contribution in [2.24, 2.45) is 0 Å². The van der Waals surface area contributed by atoms with Crippen LogP contribution in [0, 0.1) is 0 Å².